The van der Waals surface area contributed by atoms with Crippen LogP contribution in [0.5, 0.6) is 0 Å². The third-order valence-corrected chi connectivity index (χ3v) is 3.74. The molecule has 1 aliphatic carbocycles. The maximum atomic E-state index is 6.00. The Kier molecular flexibility index (Phi) is 4.65. The van der Waals surface area contributed by atoms with Crippen LogP contribution < -0.4 is 10.6 Å². The molecule has 0 radical (unpaired) electrons. The van der Waals surface area contributed by atoms with Gasteiger partial charge in [-0.05, 0) is 49.8 Å². The lowest BCUT2D eigenvalue weighted by Crippen LogP contribution is -2.26. The van der Waals surface area contributed by atoms with Crippen LogP contribution in [0.4, 0.5) is 5.69 Å². The van der Waals surface area contributed by atoms with Gasteiger partial charge in [-0.3, -0.25) is 0 Å². The van der Waals surface area contributed by atoms with E-state index < -0.39 is 0 Å². The van der Waals surface area contributed by atoms with E-state index in [1.54, 1.807) is 0 Å². The highest BCUT2D eigenvalue weighted by Gasteiger charge is 2.28. The zero-order valence-electron chi connectivity index (χ0n) is 11.7. The lowest BCUT2D eigenvalue weighted by Gasteiger charge is -2.24. The van der Waals surface area contributed by atoms with E-state index in [4.69, 9.17) is 5.73 Å². The lowest BCUT2D eigenvalue weighted by molar-refractivity contribution is 0.646. The fraction of sp³-hybridized carbons (Fsp3) is 0.625. The van der Waals surface area contributed by atoms with Crippen LogP contribution in [-0.4, -0.2) is 18.6 Å². The number of nitrogens with two attached hydrogens (primary N) is 1. The summed E-state index contributed by atoms with van der Waals surface area (Å²) in [7, 11) is 0. The van der Waals surface area contributed by atoms with E-state index in [9.17, 15) is 0 Å². The molecule has 1 unspecified atom stereocenters. The zero-order chi connectivity index (χ0) is 13.0. The van der Waals surface area contributed by atoms with Crippen molar-refractivity contribution >= 4 is 5.69 Å². The number of hydrogen-bond acceptors (Lipinski definition) is 2. The summed E-state index contributed by atoms with van der Waals surface area (Å²) in [5.41, 5.74) is 8.74. The predicted molar refractivity (Wildman–Crippen MR) is 79.1 cm³/mol. The minimum absolute atomic E-state index is 0.297. The normalized spacial score (nSPS) is 16.6. The second kappa shape index (κ2) is 6.24. The van der Waals surface area contributed by atoms with Crippen LogP contribution in [0.15, 0.2) is 24.3 Å². The Morgan fingerprint density at radius 2 is 1.89 bits per heavy atom. The molecule has 1 aromatic rings. The largest absolute Gasteiger partial charge is 0.369 e. The van der Waals surface area contributed by atoms with Crippen LogP contribution in [0, 0.1) is 0 Å². The van der Waals surface area contributed by atoms with Crippen molar-refractivity contribution in [1.82, 2.24) is 0 Å². The summed E-state index contributed by atoms with van der Waals surface area (Å²) in [6.07, 6.45) is 5.99. The molecule has 0 heterocycles. The molecule has 2 heteroatoms. The first-order valence-electron chi connectivity index (χ1n) is 7.35. The molecule has 0 amide bonds. The van der Waals surface area contributed by atoms with Gasteiger partial charge in [-0.15, -0.1) is 0 Å². The topological polar surface area (TPSA) is 29.3 Å². The van der Waals surface area contributed by atoms with Gasteiger partial charge in [-0.1, -0.05) is 26.0 Å². The van der Waals surface area contributed by atoms with Crippen LogP contribution in [0.2, 0.25) is 0 Å². The van der Waals surface area contributed by atoms with Crippen LogP contribution in [0.25, 0.3) is 0 Å². The molecule has 2 nitrogen and oxygen atoms in total. The summed E-state index contributed by atoms with van der Waals surface area (Å²) in [5.74, 6) is 0. The molecule has 1 atom stereocenters. The molecule has 0 saturated heterocycles. The summed E-state index contributed by atoms with van der Waals surface area (Å²) < 4.78 is 0. The maximum Gasteiger partial charge on any atom is 0.0368 e. The Labute approximate surface area is 111 Å². The van der Waals surface area contributed by atoms with Crippen LogP contribution in [0.1, 0.15) is 45.1 Å². The standard InChI is InChI=1S/C16H26N2/c1-3-11-18(16-9-10-16)15-7-5-13(6-8-15)12-14(17)4-2/h5-8,14,16H,3-4,9-12,17H2,1-2H3. The minimum atomic E-state index is 0.297. The Morgan fingerprint density at radius 1 is 1.22 bits per heavy atom. The van der Waals surface area contributed by atoms with E-state index in [0.717, 1.165) is 18.9 Å². The fourth-order valence-electron chi connectivity index (χ4n) is 2.42. The number of hydrogen-bond donors (Lipinski definition) is 1. The highest BCUT2D eigenvalue weighted by molar-refractivity contribution is 5.49. The monoisotopic (exact) mass is 246 g/mol. The van der Waals surface area contributed by atoms with E-state index in [0.29, 0.717) is 6.04 Å². The van der Waals surface area contributed by atoms with E-state index in [-0.39, 0.29) is 0 Å². The lowest BCUT2D eigenvalue weighted by atomic mass is 10.0. The van der Waals surface area contributed by atoms with Crippen molar-refractivity contribution in [2.45, 2.75) is 58.0 Å². The minimum Gasteiger partial charge on any atom is -0.369 e. The molecule has 1 aliphatic rings. The summed E-state index contributed by atoms with van der Waals surface area (Å²) in [4.78, 5) is 2.56. The van der Waals surface area contributed by atoms with Crippen molar-refractivity contribution in [1.29, 1.82) is 0 Å². The SMILES string of the molecule is CCCN(c1ccc(CC(N)CC)cc1)C1CC1. The van der Waals surface area contributed by atoms with Crippen molar-refractivity contribution in [3.8, 4) is 0 Å². The van der Waals surface area contributed by atoms with E-state index >= 15 is 0 Å². The highest BCUT2D eigenvalue weighted by Crippen LogP contribution is 2.31. The molecule has 1 fully saturated rings. The molecular formula is C16H26N2. The average molecular weight is 246 g/mol. The second-order valence-corrected chi connectivity index (χ2v) is 5.46. The number of nitrogens with zero attached hydrogens (tertiary/aromatic N) is 1. The zero-order valence-corrected chi connectivity index (χ0v) is 11.7. The molecular weight excluding hydrogens is 220 g/mol. The number of benzene rings is 1. The smallest absolute Gasteiger partial charge is 0.0368 e. The first-order valence-corrected chi connectivity index (χ1v) is 7.35. The Bertz CT molecular complexity index is 354. The molecule has 0 aliphatic heterocycles. The van der Waals surface area contributed by atoms with Crippen LogP contribution in [-0.2, 0) is 6.42 Å². The quantitative estimate of drug-likeness (QED) is 0.799. The maximum absolute atomic E-state index is 6.00. The molecule has 1 saturated carbocycles. The van der Waals surface area contributed by atoms with Crippen molar-refractivity contribution in [2.24, 2.45) is 5.73 Å². The Balaban J connectivity index is 2.01. The first-order chi connectivity index (χ1) is 8.74. The molecule has 0 bridgehead atoms. The van der Waals surface area contributed by atoms with Crippen molar-refractivity contribution < 1.29 is 0 Å². The van der Waals surface area contributed by atoms with Gasteiger partial charge in [0.2, 0.25) is 0 Å². The van der Waals surface area contributed by atoms with Gasteiger partial charge in [0.1, 0.15) is 0 Å². The summed E-state index contributed by atoms with van der Waals surface area (Å²) in [6, 6.07) is 10.1. The molecule has 0 spiro atoms. The van der Waals surface area contributed by atoms with E-state index in [2.05, 4.69) is 43.0 Å². The Hall–Kier alpha value is -1.02. The highest BCUT2D eigenvalue weighted by atomic mass is 15.2. The van der Waals surface area contributed by atoms with Gasteiger partial charge in [0, 0.05) is 24.3 Å². The fourth-order valence-corrected chi connectivity index (χ4v) is 2.42. The Morgan fingerprint density at radius 3 is 2.39 bits per heavy atom. The van der Waals surface area contributed by atoms with Gasteiger partial charge in [-0.25, -0.2) is 0 Å². The molecule has 18 heavy (non-hydrogen) atoms. The number of rotatable bonds is 7. The molecule has 0 aromatic heterocycles. The van der Waals surface area contributed by atoms with Crippen LogP contribution in [0.3, 0.4) is 0 Å². The van der Waals surface area contributed by atoms with Gasteiger partial charge in [0.05, 0.1) is 0 Å². The third-order valence-electron chi connectivity index (χ3n) is 3.74. The second-order valence-electron chi connectivity index (χ2n) is 5.46. The van der Waals surface area contributed by atoms with Crippen molar-refractivity contribution in [2.75, 3.05) is 11.4 Å². The first kappa shape index (κ1) is 13.4. The predicted octanol–water partition coefficient (Wildman–Crippen LogP) is 3.35. The molecule has 100 valence electrons. The van der Waals surface area contributed by atoms with Crippen molar-refractivity contribution in [3.63, 3.8) is 0 Å². The van der Waals surface area contributed by atoms with Gasteiger partial charge >= 0.3 is 0 Å². The van der Waals surface area contributed by atoms with E-state index in [1.807, 2.05) is 0 Å². The molecule has 2 rings (SSSR count). The summed E-state index contributed by atoms with van der Waals surface area (Å²) in [6.45, 7) is 5.58. The summed E-state index contributed by atoms with van der Waals surface area (Å²) in [5, 5.41) is 0. The molecule has 1 aromatic carbocycles. The number of anilines is 1. The van der Waals surface area contributed by atoms with Crippen molar-refractivity contribution in [3.05, 3.63) is 29.8 Å². The summed E-state index contributed by atoms with van der Waals surface area (Å²) >= 11 is 0. The van der Waals surface area contributed by atoms with Crippen LogP contribution >= 0.6 is 0 Å². The van der Waals surface area contributed by atoms with Gasteiger partial charge in [0.25, 0.3) is 0 Å². The van der Waals surface area contributed by atoms with Gasteiger partial charge < -0.3 is 10.6 Å². The van der Waals surface area contributed by atoms with Gasteiger partial charge in [0.15, 0.2) is 0 Å². The van der Waals surface area contributed by atoms with E-state index in [1.165, 1.54) is 37.1 Å². The molecule has 2 N–H and O–H groups in total. The average Bonchev–Trinajstić information content (AvgIpc) is 3.21. The third kappa shape index (κ3) is 3.49. The van der Waals surface area contributed by atoms with Gasteiger partial charge in [-0.2, -0.15) is 0 Å².